The van der Waals surface area contributed by atoms with Crippen molar-refractivity contribution in [1.29, 1.82) is 0 Å². The van der Waals surface area contributed by atoms with E-state index in [2.05, 4.69) is 15.9 Å². The standard InChI is InChI=1S/C13H18BrNO2S2/c14-12-7-8-13(18-12)19(16,17)15-9-3-5-10-4-1-2-6-11(10)15/h7-8,10-11H,1-6,9H2/t10-,11-/m1/s1. The van der Waals surface area contributed by atoms with Gasteiger partial charge in [0.05, 0.1) is 3.79 Å². The van der Waals surface area contributed by atoms with E-state index >= 15 is 0 Å². The summed E-state index contributed by atoms with van der Waals surface area (Å²) in [5, 5.41) is 0. The zero-order chi connectivity index (χ0) is 13.5. The lowest BCUT2D eigenvalue weighted by Crippen LogP contribution is -2.49. The van der Waals surface area contributed by atoms with E-state index in [0.717, 1.165) is 16.6 Å². The highest BCUT2D eigenvalue weighted by molar-refractivity contribution is 9.11. The lowest BCUT2D eigenvalue weighted by atomic mass is 9.79. The third-order valence-electron chi connectivity index (χ3n) is 4.30. The van der Waals surface area contributed by atoms with Crippen LogP contribution in [-0.4, -0.2) is 25.3 Å². The van der Waals surface area contributed by atoms with Gasteiger partial charge in [-0.25, -0.2) is 8.42 Å². The van der Waals surface area contributed by atoms with Crippen LogP contribution < -0.4 is 0 Å². The van der Waals surface area contributed by atoms with E-state index in [-0.39, 0.29) is 6.04 Å². The highest BCUT2D eigenvalue weighted by Crippen LogP contribution is 2.39. The highest BCUT2D eigenvalue weighted by Gasteiger charge is 2.40. The van der Waals surface area contributed by atoms with Crippen molar-refractivity contribution >= 4 is 37.3 Å². The van der Waals surface area contributed by atoms with Crippen LogP contribution in [-0.2, 0) is 10.0 Å². The number of halogens is 1. The third-order valence-corrected chi connectivity index (χ3v) is 8.32. The molecule has 0 bridgehead atoms. The first-order chi connectivity index (χ1) is 9.09. The van der Waals surface area contributed by atoms with Crippen molar-refractivity contribution in [3.63, 3.8) is 0 Å². The minimum atomic E-state index is -3.29. The number of sulfonamides is 1. The van der Waals surface area contributed by atoms with Crippen LogP contribution >= 0.6 is 27.3 Å². The number of hydrogen-bond donors (Lipinski definition) is 0. The molecule has 1 aliphatic heterocycles. The van der Waals surface area contributed by atoms with E-state index in [1.807, 2.05) is 6.07 Å². The van der Waals surface area contributed by atoms with E-state index < -0.39 is 10.0 Å². The van der Waals surface area contributed by atoms with E-state index in [0.29, 0.717) is 16.7 Å². The van der Waals surface area contributed by atoms with Crippen LogP contribution in [0, 0.1) is 5.92 Å². The lowest BCUT2D eigenvalue weighted by molar-refractivity contribution is 0.129. The van der Waals surface area contributed by atoms with Gasteiger partial charge in [0.25, 0.3) is 10.0 Å². The summed E-state index contributed by atoms with van der Waals surface area (Å²) in [6, 6.07) is 3.78. The Kier molecular flexibility index (Phi) is 4.04. The molecule has 0 N–H and O–H groups in total. The Balaban J connectivity index is 1.91. The minimum Gasteiger partial charge on any atom is -0.206 e. The van der Waals surface area contributed by atoms with E-state index in [9.17, 15) is 8.42 Å². The van der Waals surface area contributed by atoms with Crippen molar-refractivity contribution in [1.82, 2.24) is 4.31 Å². The van der Waals surface area contributed by atoms with Crippen LogP contribution in [0.2, 0.25) is 0 Å². The maximum Gasteiger partial charge on any atom is 0.252 e. The normalized spacial score (nSPS) is 29.1. The molecule has 0 spiro atoms. The molecule has 0 unspecified atom stereocenters. The molecule has 1 saturated heterocycles. The molecule has 0 radical (unpaired) electrons. The first-order valence-corrected chi connectivity index (χ1v) is 9.91. The number of thiophene rings is 1. The molecule has 2 aliphatic rings. The van der Waals surface area contributed by atoms with Gasteiger partial charge < -0.3 is 0 Å². The van der Waals surface area contributed by atoms with Gasteiger partial charge in [0.2, 0.25) is 0 Å². The minimum absolute atomic E-state index is 0.244. The molecule has 1 saturated carbocycles. The van der Waals surface area contributed by atoms with Gasteiger partial charge in [0.15, 0.2) is 0 Å². The maximum absolute atomic E-state index is 12.8. The average molecular weight is 364 g/mol. The van der Waals surface area contributed by atoms with Crippen molar-refractivity contribution in [3.05, 3.63) is 15.9 Å². The SMILES string of the molecule is O=S(=O)(c1ccc(Br)s1)N1CCC[C@H]2CCCC[C@H]21. The monoisotopic (exact) mass is 363 g/mol. The van der Waals surface area contributed by atoms with E-state index in [1.54, 1.807) is 10.4 Å². The van der Waals surface area contributed by atoms with Crippen LogP contribution in [0.4, 0.5) is 0 Å². The van der Waals surface area contributed by atoms with Gasteiger partial charge in [-0.1, -0.05) is 12.8 Å². The zero-order valence-corrected chi connectivity index (χ0v) is 13.9. The van der Waals surface area contributed by atoms with Gasteiger partial charge >= 0.3 is 0 Å². The van der Waals surface area contributed by atoms with Gasteiger partial charge in [0.1, 0.15) is 4.21 Å². The van der Waals surface area contributed by atoms with Crippen LogP contribution in [0.15, 0.2) is 20.1 Å². The summed E-state index contributed by atoms with van der Waals surface area (Å²) < 4.78 is 28.7. The molecule has 3 nitrogen and oxygen atoms in total. The molecule has 0 aromatic carbocycles. The Bertz CT molecular complexity index is 553. The quantitative estimate of drug-likeness (QED) is 0.799. The molecule has 1 aromatic rings. The Hall–Kier alpha value is 0.0900. The third kappa shape index (κ3) is 2.64. The van der Waals surface area contributed by atoms with Crippen LogP contribution in [0.25, 0.3) is 0 Å². The Labute approximate surface area is 127 Å². The first-order valence-electron chi connectivity index (χ1n) is 6.86. The molecule has 2 atom stereocenters. The molecule has 2 fully saturated rings. The second-order valence-corrected chi connectivity index (χ2v) is 10.0. The Morgan fingerprint density at radius 2 is 1.89 bits per heavy atom. The summed E-state index contributed by atoms with van der Waals surface area (Å²) in [6.07, 6.45) is 6.87. The molecular weight excluding hydrogens is 346 g/mol. The van der Waals surface area contributed by atoms with Crippen molar-refractivity contribution in [2.75, 3.05) is 6.54 Å². The molecule has 1 aliphatic carbocycles. The van der Waals surface area contributed by atoms with Gasteiger partial charge in [-0.05, 0) is 59.7 Å². The predicted octanol–water partition coefficient (Wildman–Crippen LogP) is 3.85. The predicted molar refractivity (Wildman–Crippen MR) is 80.9 cm³/mol. The van der Waals surface area contributed by atoms with Gasteiger partial charge in [-0.2, -0.15) is 4.31 Å². The summed E-state index contributed by atoms with van der Waals surface area (Å²) in [6.45, 7) is 0.693. The fourth-order valence-corrected chi connectivity index (χ4v) is 7.32. The molecule has 6 heteroatoms. The van der Waals surface area contributed by atoms with Crippen molar-refractivity contribution in [2.45, 2.75) is 48.8 Å². The number of rotatable bonds is 2. The van der Waals surface area contributed by atoms with Gasteiger partial charge in [-0.15, -0.1) is 11.3 Å². The molecule has 3 rings (SSSR count). The largest absolute Gasteiger partial charge is 0.252 e. The Morgan fingerprint density at radius 1 is 1.16 bits per heavy atom. The first kappa shape index (κ1) is 14.0. The van der Waals surface area contributed by atoms with Gasteiger partial charge in [0, 0.05) is 12.6 Å². The summed E-state index contributed by atoms with van der Waals surface area (Å²) in [5.41, 5.74) is 0. The van der Waals surface area contributed by atoms with E-state index in [1.165, 1.54) is 37.0 Å². The van der Waals surface area contributed by atoms with Crippen molar-refractivity contribution < 1.29 is 8.42 Å². The molecule has 106 valence electrons. The summed E-state index contributed by atoms with van der Waals surface area (Å²) in [4.78, 5) is 0. The van der Waals surface area contributed by atoms with Crippen molar-refractivity contribution in [2.24, 2.45) is 5.92 Å². The fraction of sp³-hybridized carbons (Fsp3) is 0.692. The summed E-state index contributed by atoms with van der Waals surface area (Å²) in [5.74, 6) is 0.584. The van der Waals surface area contributed by atoms with Crippen LogP contribution in [0.5, 0.6) is 0 Å². The van der Waals surface area contributed by atoms with E-state index in [4.69, 9.17) is 0 Å². The highest BCUT2D eigenvalue weighted by atomic mass is 79.9. The molecule has 19 heavy (non-hydrogen) atoms. The summed E-state index contributed by atoms with van der Waals surface area (Å²) in [7, 11) is -3.29. The molecular formula is C13H18BrNO2S2. The zero-order valence-electron chi connectivity index (χ0n) is 10.7. The number of fused-ring (bicyclic) bond motifs is 1. The molecule has 2 heterocycles. The Morgan fingerprint density at radius 3 is 2.63 bits per heavy atom. The van der Waals surface area contributed by atoms with Crippen LogP contribution in [0.3, 0.4) is 0 Å². The average Bonchev–Trinajstić information content (AvgIpc) is 2.85. The number of piperidine rings is 1. The fourth-order valence-electron chi connectivity index (χ4n) is 3.43. The van der Waals surface area contributed by atoms with Crippen molar-refractivity contribution in [3.8, 4) is 0 Å². The summed E-state index contributed by atoms with van der Waals surface area (Å²) >= 11 is 4.67. The molecule has 0 amide bonds. The number of nitrogens with zero attached hydrogens (tertiary/aromatic N) is 1. The van der Waals surface area contributed by atoms with Gasteiger partial charge in [-0.3, -0.25) is 0 Å². The van der Waals surface area contributed by atoms with Crippen LogP contribution in [0.1, 0.15) is 38.5 Å². The molecule has 1 aromatic heterocycles. The lowest BCUT2D eigenvalue weighted by Gasteiger charge is -2.42. The second-order valence-electron chi connectivity index (χ2n) is 5.43. The smallest absolute Gasteiger partial charge is 0.206 e. The maximum atomic E-state index is 12.8. The number of hydrogen-bond acceptors (Lipinski definition) is 3. The topological polar surface area (TPSA) is 37.4 Å². The second kappa shape index (κ2) is 5.47.